The average Bonchev–Trinajstić information content (AvgIpc) is 3.59. The minimum absolute atomic E-state index is 0.112. The largest absolute Gasteiger partial charge is 0.367 e. The second kappa shape index (κ2) is 10.0. The van der Waals surface area contributed by atoms with Crippen LogP contribution in [0.3, 0.4) is 0 Å². The second-order valence-electron chi connectivity index (χ2n) is 9.09. The fourth-order valence-corrected chi connectivity index (χ4v) is 4.66. The van der Waals surface area contributed by atoms with Crippen LogP contribution in [0.5, 0.6) is 0 Å². The number of nitrogens with zero attached hydrogens (tertiary/aromatic N) is 4. The van der Waals surface area contributed by atoms with E-state index >= 15 is 0 Å². The predicted octanol–water partition coefficient (Wildman–Crippen LogP) is 4.26. The van der Waals surface area contributed by atoms with Gasteiger partial charge in [0, 0.05) is 40.4 Å². The van der Waals surface area contributed by atoms with Gasteiger partial charge in [-0.15, -0.1) is 0 Å². The molecule has 2 fully saturated rings. The minimum atomic E-state index is 0.112. The molecule has 0 radical (unpaired) electrons. The van der Waals surface area contributed by atoms with E-state index in [1.165, 1.54) is 11.8 Å². The van der Waals surface area contributed by atoms with E-state index in [1.807, 2.05) is 43.3 Å². The Morgan fingerprint density at radius 2 is 1.76 bits per heavy atom. The van der Waals surface area contributed by atoms with E-state index in [-0.39, 0.29) is 11.8 Å². The van der Waals surface area contributed by atoms with Crippen molar-refractivity contribution in [3.05, 3.63) is 42.1 Å². The van der Waals surface area contributed by atoms with Gasteiger partial charge >= 0.3 is 0 Å². The summed E-state index contributed by atoms with van der Waals surface area (Å²) in [6.45, 7) is 4.11. The number of benzene rings is 1. The molecule has 9 nitrogen and oxygen atoms in total. The Kier molecular flexibility index (Phi) is 6.68. The Labute approximate surface area is 203 Å². The number of piperidine rings is 1. The van der Waals surface area contributed by atoms with Crippen molar-refractivity contribution in [2.45, 2.75) is 48.7 Å². The molecule has 1 saturated heterocycles. The molecule has 1 aromatic carbocycles. The summed E-state index contributed by atoms with van der Waals surface area (Å²) in [5, 5.41) is 17.7. The van der Waals surface area contributed by atoms with Crippen LogP contribution >= 0.6 is 11.8 Å². The highest BCUT2D eigenvalue weighted by Crippen LogP contribution is 2.32. The molecule has 2 aromatic heterocycles. The lowest BCUT2D eigenvalue weighted by atomic mass is 10.1. The van der Waals surface area contributed by atoms with E-state index in [9.17, 15) is 4.79 Å². The molecule has 3 aromatic rings. The molecule has 3 heterocycles. The van der Waals surface area contributed by atoms with Crippen LogP contribution in [0.25, 0.3) is 0 Å². The topological polar surface area (TPSA) is 111 Å². The number of hydrogen-bond acceptors (Lipinski definition) is 8. The first-order valence-electron chi connectivity index (χ1n) is 11.7. The highest BCUT2D eigenvalue weighted by atomic mass is 32.2. The van der Waals surface area contributed by atoms with Gasteiger partial charge in [-0.2, -0.15) is 5.10 Å². The van der Waals surface area contributed by atoms with E-state index in [1.54, 1.807) is 0 Å². The van der Waals surface area contributed by atoms with Crippen molar-refractivity contribution in [2.24, 2.45) is 5.92 Å². The molecule has 0 spiro atoms. The Balaban J connectivity index is 1.31. The van der Waals surface area contributed by atoms with Crippen LogP contribution in [0.1, 0.15) is 31.4 Å². The van der Waals surface area contributed by atoms with Crippen LogP contribution < -0.4 is 16.0 Å². The second-order valence-corrected chi connectivity index (χ2v) is 10.1. The van der Waals surface area contributed by atoms with Crippen molar-refractivity contribution in [1.82, 2.24) is 25.1 Å². The third-order valence-corrected chi connectivity index (χ3v) is 6.89. The summed E-state index contributed by atoms with van der Waals surface area (Å²) in [6.07, 6.45) is 4.15. The highest BCUT2D eigenvalue weighted by Gasteiger charge is 2.29. The maximum absolute atomic E-state index is 12.0. The van der Waals surface area contributed by atoms with E-state index in [4.69, 9.17) is 9.97 Å². The first kappa shape index (κ1) is 22.7. The van der Waals surface area contributed by atoms with Gasteiger partial charge in [-0.05, 0) is 88.8 Å². The summed E-state index contributed by atoms with van der Waals surface area (Å²) >= 11 is 1.49. The van der Waals surface area contributed by atoms with Crippen LogP contribution in [0.2, 0.25) is 0 Å². The number of amides is 1. The molecule has 10 heteroatoms. The molecule has 5 rings (SSSR count). The van der Waals surface area contributed by atoms with Gasteiger partial charge in [0.15, 0.2) is 11.0 Å². The number of aromatic amines is 1. The molecule has 0 unspecified atom stereocenters. The lowest BCUT2D eigenvalue weighted by Crippen LogP contribution is -2.36. The van der Waals surface area contributed by atoms with Crippen LogP contribution in [-0.4, -0.2) is 57.2 Å². The monoisotopic (exact) mass is 478 g/mol. The zero-order valence-electron chi connectivity index (χ0n) is 19.5. The number of carbonyl (C=O) groups excluding carboxylic acids is 1. The highest BCUT2D eigenvalue weighted by molar-refractivity contribution is 7.99. The summed E-state index contributed by atoms with van der Waals surface area (Å²) in [4.78, 5) is 24.8. The predicted molar refractivity (Wildman–Crippen MR) is 135 cm³/mol. The molecule has 34 heavy (non-hydrogen) atoms. The number of H-pyrrole nitrogens is 1. The standard InChI is InChI=1S/C24H30N8OS/c1-15-13-22(31-30-15)27-21-14-20(25-18-9-11-32(2)12-10-18)28-24(29-21)34-19-7-5-17(6-8-19)26-23(33)16-3-4-16/h5-8,13-14,16,18H,3-4,9-12H2,1-2H3,(H,26,33)(H3,25,27,28,29,30,31). The molecular weight excluding hydrogens is 448 g/mol. The van der Waals surface area contributed by atoms with Crippen molar-refractivity contribution < 1.29 is 4.79 Å². The summed E-state index contributed by atoms with van der Waals surface area (Å²) in [6, 6.07) is 12.1. The van der Waals surface area contributed by atoms with Crippen molar-refractivity contribution in [3.8, 4) is 0 Å². The lowest BCUT2D eigenvalue weighted by molar-refractivity contribution is -0.117. The van der Waals surface area contributed by atoms with Gasteiger partial charge in [0.05, 0.1) is 0 Å². The summed E-state index contributed by atoms with van der Waals surface area (Å²) in [5.74, 6) is 2.50. The molecule has 1 aliphatic heterocycles. The summed E-state index contributed by atoms with van der Waals surface area (Å²) in [7, 11) is 2.16. The van der Waals surface area contributed by atoms with Gasteiger partial charge in [-0.1, -0.05) is 0 Å². The molecule has 4 N–H and O–H groups in total. The SMILES string of the molecule is Cc1cc(Nc2cc(NC3CCN(C)CC3)nc(Sc3ccc(NC(=O)C4CC4)cc3)n2)n[nH]1. The van der Waals surface area contributed by atoms with Gasteiger partial charge < -0.3 is 20.9 Å². The van der Waals surface area contributed by atoms with E-state index in [0.717, 1.165) is 60.9 Å². The quantitative estimate of drug-likeness (QED) is 0.356. The van der Waals surface area contributed by atoms with Gasteiger partial charge in [-0.25, -0.2) is 9.97 Å². The van der Waals surface area contributed by atoms with Gasteiger partial charge in [0.2, 0.25) is 5.91 Å². The van der Waals surface area contributed by atoms with E-state index in [0.29, 0.717) is 22.8 Å². The zero-order valence-corrected chi connectivity index (χ0v) is 20.3. The summed E-state index contributed by atoms with van der Waals surface area (Å²) in [5.41, 5.74) is 1.79. The number of aromatic nitrogens is 4. The van der Waals surface area contributed by atoms with Crippen LogP contribution in [-0.2, 0) is 4.79 Å². The first-order valence-corrected chi connectivity index (χ1v) is 12.5. The van der Waals surface area contributed by atoms with Crippen molar-refractivity contribution in [1.29, 1.82) is 0 Å². The molecule has 0 atom stereocenters. The Hall–Kier alpha value is -3.11. The number of likely N-dealkylation sites (tertiary alicyclic amines) is 1. The number of aryl methyl sites for hydroxylation is 1. The molecule has 1 saturated carbocycles. The zero-order chi connectivity index (χ0) is 23.5. The van der Waals surface area contributed by atoms with Gasteiger partial charge in [0.1, 0.15) is 11.6 Å². The minimum Gasteiger partial charge on any atom is -0.367 e. The van der Waals surface area contributed by atoms with E-state index < -0.39 is 0 Å². The normalized spacial score (nSPS) is 16.9. The number of hydrogen-bond donors (Lipinski definition) is 4. The van der Waals surface area contributed by atoms with Crippen LogP contribution in [0, 0.1) is 12.8 Å². The maximum atomic E-state index is 12.0. The number of rotatable bonds is 8. The molecule has 178 valence electrons. The molecule has 1 amide bonds. The number of nitrogens with one attached hydrogen (secondary N) is 4. The molecule has 1 aliphatic carbocycles. The van der Waals surface area contributed by atoms with Crippen molar-refractivity contribution in [2.75, 3.05) is 36.1 Å². The Bertz CT molecular complexity index is 1140. The Morgan fingerprint density at radius 3 is 2.44 bits per heavy atom. The summed E-state index contributed by atoms with van der Waals surface area (Å²) < 4.78 is 0. The third-order valence-electron chi connectivity index (χ3n) is 6.02. The molecular formula is C24H30N8OS. The smallest absolute Gasteiger partial charge is 0.227 e. The molecule has 2 aliphatic rings. The fourth-order valence-electron chi connectivity index (χ4n) is 3.89. The van der Waals surface area contributed by atoms with Crippen molar-refractivity contribution in [3.63, 3.8) is 0 Å². The van der Waals surface area contributed by atoms with E-state index in [2.05, 4.69) is 38.1 Å². The van der Waals surface area contributed by atoms with Crippen LogP contribution in [0.15, 0.2) is 46.5 Å². The molecule has 0 bridgehead atoms. The van der Waals surface area contributed by atoms with Gasteiger partial charge in [0.25, 0.3) is 0 Å². The fraction of sp³-hybridized carbons (Fsp3) is 0.417. The number of anilines is 4. The Morgan fingerprint density at radius 1 is 1.03 bits per heavy atom. The maximum Gasteiger partial charge on any atom is 0.227 e. The average molecular weight is 479 g/mol. The van der Waals surface area contributed by atoms with Crippen LogP contribution in [0.4, 0.5) is 23.1 Å². The lowest BCUT2D eigenvalue weighted by Gasteiger charge is -2.29. The number of carbonyl (C=O) groups is 1. The van der Waals surface area contributed by atoms with Crippen molar-refractivity contribution >= 4 is 40.8 Å². The first-order chi connectivity index (χ1) is 16.5. The van der Waals surface area contributed by atoms with Gasteiger partial charge in [-0.3, -0.25) is 9.89 Å². The third kappa shape index (κ3) is 6.06.